The van der Waals surface area contributed by atoms with E-state index in [1.807, 2.05) is 117 Å². The number of esters is 3. The molecule has 3 N–H and O–H groups in total. The molecule has 10 rings (SSSR count). The molecule has 0 atom stereocenters. The second-order valence-corrected chi connectivity index (χ2v) is 25.2. The van der Waals surface area contributed by atoms with Crippen LogP contribution in [0.2, 0.25) is 0 Å². The van der Waals surface area contributed by atoms with Gasteiger partial charge in [0.15, 0.2) is 0 Å². The van der Waals surface area contributed by atoms with Crippen molar-refractivity contribution in [2.45, 2.75) is 137 Å². The maximum Gasteiger partial charge on any atom is 0.336 e. The van der Waals surface area contributed by atoms with Crippen molar-refractivity contribution in [3.05, 3.63) is 174 Å². The zero-order valence-corrected chi connectivity index (χ0v) is 51.8. The van der Waals surface area contributed by atoms with E-state index in [-0.39, 0.29) is 55.8 Å². The van der Waals surface area contributed by atoms with Crippen LogP contribution in [0.1, 0.15) is 115 Å². The van der Waals surface area contributed by atoms with Gasteiger partial charge in [-0.15, -0.1) is 45.0 Å². The van der Waals surface area contributed by atoms with E-state index in [0.29, 0.717) is 83.5 Å². The highest BCUT2D eigenvalue weighted by molar-refractivity contribution is 5.76. The molecule has 90 heavy (non-hydrogen) atoms. The molecule has 0 fully saturated rings. The van der Waals surface area contributed by atoms with Crippen molar-refractivity contribution >= 4 is 51.0 Å². The van der Waals surface area contributed by atoms with Crippen LogP contribution in [0.4, 0.5) is 0 Å². The van der Waals surface area contributed by atoms with E-state index < -0.39 is 90.7 Å². The van der Waals surface area contributed by atoms with E-state index in [0.717, 1.165) is 13.7 Å². The maximum atomic E-state index is 14.2. The minimum Gasteiger partial charge on any atom is -0.505 e. The lowest BCUT2D eigenvalue weighted by Gasteiger charge is -2.23. The Morgan fingerprint density at radius 2 is 0.600 bits per heavy atom. The predicted octanol–water partition coefficient (Wildman–Crippen LogP) is 7.91. The Balaban J connectivity index is 0.835. The molecule has 4 aromatic heterocycles. The molecule has 0 unspecified atom stereocenters. The first-order valence-electron chi connectivity index (χ1n) is 29.7. The molecule has 0 bridgehead atoms. The maximum absolute atomic E-state index is 14.2. The van der Waals surface area contributed by atoms with Crippen molar-refractivity contribution in [3.63, 3.8) is 0 Å². The molecule has 0 saturated carbocycles. The smallest absolute Gasteiger partial charge is 0.336 e. The van der Waals surface area contributed by atoms with Crippen LogP contribution in [-0.4, -0.2) is 112 Å². The topological polar surface area (TPSA) is 298 Å². The number of fused-ring (bicyclic) bond motifs is 3. The van der Waals surface area contributed by atoms with Gasteiger partial charge in [-0.05, 0) is 107 Å². The summed E-state index contributed by atoms with van der Waals surface area (Å²) in [7, 11) is 0. The van der Waals surface area contributed by atoms with E-state index in [2.05, 4.69) is 30.6 Å². The van der Waals surface area contributed by atoms with Crippen molar-refractivity contribution in [2.75, 3.05) is 19.8 Å². The Bertz CT molecular complexity index is 3980. The van der Waals surface area contributed by atoms with Crippen molar-refractivity contribution in [1.29, 1.82) is 0 Å². The van der Waals surface area contributed by atoms with E-state index in [9.17, 15) is 44.1 Å². The van der Waals surface area contributed by atoms with Gasteiger partial charge < -0.3 is 29.5 Å². The minimum atomic E-state index is -1.07. The van der Waals surface area contributed by atoms with Gasteiger partial charge in [-0.25, -0.2) is 28.1 Å². The number of benzene rings is 6. The van der Waals surface area contributed by atoms with Crippen LogP contribution in [0.3, 0.4) is 0 Å². The first-order chi connectivity index (χ1) is 42.7. The quantitative estimate of drug-likeness (QED) is 0.0454. The molecule has 468 valence electrons. The number of carbonyl (C=O) groups is 3. The molecule has 24 heteroatoms. The summed E-state index contributed by atoms with van der Waals surface area (Å²) in [5.41, 5.74) is 3.84. The van der Waals surface area contributed by atoms with E-state index in [1.165, 1.54) is 14.4 Å². The van der Waals surface area contributed by atoms with E-state index in [1.54, 1.807) is 54.6 Å². The van der Waals surface area contributed by atoms with Gasteiger partial charge in [0, 0.05) is 36.0 Å². The first kappa shape index (κ1) is 62.8. The Kier molecular flexibility index (Phi) is 17.8. The zero-order valence-electron chi connectivity index (χ0n) is 51.8. The van der Waals surface area contributed by atoms with Crippen LogP contribution in [-0.2, 0) is 83.7 Å². The van der Waals surface area contributed by atoms with Gasteiger partial charge in [-0.2, -0.15) is 0 Å². The van der Waals surface area contributed by atoms with Gasteiger partial charge in [0.2, 0.25) is 0 Å². The molecule has 0 saturated heterocycles. The molecular formula is C66H72N12O12. The zero-order chi connectivity index (χ0) is 64.4. The first-order valence-corrected chi connectivity index (χ1v) is 29.7. The number of aryl methyl sites for hydroxylation is 3. The Hall–Kier alpha value is -10.3. The third kappa shape index (κ3) is 13.9. The van der Waals surface area contributed by atoms with Crippen molar-refractivity contribution in [2.24, 2.45) is 0 Å². The number of ether oxygens (including phenoxy) is 3. The Labute approximate surface area is 516 Å². The lowest BCUT2D eigenvalue weighted by molar-refractivity contribution is -0.144. The van der Waals surface area contributed by atoms with Gasteiger partial charge in [0.25, 0.3) is 0 Å². The van der Waals surface area contributed by atoms with E-state index in [4.69, 9.17) is 14.2 Å². The van der Waals surface area contributed by atoms with Crippen LogP contribution < -0.4 is 17.1 Å². The van der Waals surface area contributed by atoms with Gasteiger partial charge >= 0.3 is 35.0 Å². The van der Waals surface area contributed by atoms with Crippen molar-refractivity contribution in [1.82, 2.24) is 58.7 Å². The number of nitrogens with zero attached hydrogens (tertiary/aromatic N) is 12. The van der Waals surface area contributed by atoms with Crippen LogP contribution in [0, 0.1) is 0 Å². The van der Waals surface area contributed by atoms with Gasteiger partial charge in [0.1, 0.15) is 87.2 Å². The van der Waals surface area contributed by atoms with Crippen LogP contribution >= 0.6 is 0 Å². The number of rotatable bonds is 21. The number of hydrogen-bond acceptors (Lipinski definition) is 18. The monoisotopic (exact) mass is 1220 g/mol. The summed E-state index contributed by atoms with van der Waals surface area (Å²) in [6, 6.07) is 32.4. The minimum absolute atomic E-state index is 0.00965. The molecule has 0 spiro atoms. The lowest BCUT2D eigenvalue weighted by atomic mass is 9.84. The van der Waals surface area contributed by atoms with Gasteiger partial charge in [-0.3, -0.25) is 14.4 Å². The summed E-state index contributed by atoms with van der Waals surface area (Å²) in [6.45, 7) is 14.7. The van der Waals surface area contributed by atoms with Crippen LogP contribution in [0.25, 0.3) is 50.2 Å². The van der Waals surface area contributed by atoms with E-state index >= 15 is 0 Å². The average Bonchev–Trinajstić information content (AvgIpc) is 1.38. The third-order valence-corrected chi connectivity index (χ3v) is 15.4. The molecule has 6 aromatic carbocycles. The second-order valence-electron chi connectivity index (χ2n) is 25.2. The number of aromatic hydroxyl groups is 3. The highest BCUT2D eigenvalue weighted by atomic mass is 16.5. The normalized spacial score (nSPS) is 12.1. The Morgan fingerprint density at radius 3 is 0.811 bits per heavy atom. The average molecular weight is 1230 g/mol. The highest BCUT2D eigenvalue weighted by Crippen LogP contribution is 2.39. The number of aromatic nitrogens is 12. The fraction of sp³-hybridized carbons (Fsp3) is 0.364. The molecule has 0 aliphatic heterocycles. The number of hydrogen-bond donors (Lipinski definition) is 3. The molecule has 10 aromatic rings. The largest absolute Gasteiger partial charge is 0.505 e. The van der Waals surface area contributed by atoms with Crippen molar-refractivity contribution in [3.8, 4) is 34.3 Å². The standard InChI is InChI=1S/C66H72N12O12/c1-64(2,3)43-34-40(37-52(58(43)82)76-67-46-16-10-11-17-47(46)68-76)22-25-55(79)88-31-28-73-61(85)74(29-32-89-56(80)26-23-41-35-44(65(4,5)6)59(83)53(38-41)77-69-48-18-12-13-19-49(48)70-77)63(87)75(62(73)86)30-33-90-57(81)27-24-42-36-45(66(7,8)9)60(84)54(39-42)78-71-50-20-14-15-21-51(50)72-78/h10-21,34-39,82-84H,22-33H2,1-9H3. The number of phenolic OH excluding ortho intramolecular Hbond substituents is 3. The summed E-state index contributed by atoms with van der Waals surface area (Å²) < 4.78 is 18.9. The molecule has 0 amide bonds. The molecule has 0 aliphatic carbocycles. The molecule has 24 nitrogen and oxygen atoms in total. The summed E-state index contributed by atoms with van der Waals surface area (Å²) >= 11 is 0. The number of carbonyl (C=O) groups excluding carboxylic acids is 3. The molecule has 0 radical (unpaired) electrons. The van der Waals surface area contributed by atoms with Crippen LogP contribution in [0.5, 0.6) is 17.2 Å². The molecular weight excluding hydrogens is 1150 g/mol. The van der Waals surface area contributed by atoms with Gasteiger partial charge in [-0.1, -0.05) is 117 Å². The lowest BCUT2D eigenvalue weighted by Crippen LogP contribution is -2.55. The third-order valence-electron chi connectivity index (χ3n) is 15.4. The van der Waals surface area contributed by atoms with Gasteiger partial charge in [0.05, 0.1) is 19.6 Å². The summed E-state index contributed by atoms with van der Waals surface area (Å²) in [5.74, 6) is -2.03. The molecule has 4 heterocycles. The fourth-order valence-electron chi connectivity index (χ4n) is 10.5. The van der Waals surface area contributed by atoms with Crippen LogP contribution in [0.15, 0.2) is 124 Å². The summed E-state index contributed by atoms with van der Waals surface area (Å²) in [5, 5.41) is 61.7. The summed E-state index contributed by atoms with van der Waals surface area (Å²) in [4.78, 5) is 86.7. The Morgan fingerprint density at radius 1 is 0.378 bits per heavy atom. The molecule has 0 aliphatic rings. The summed E-state index contributed by atoms with van der Waals surface area (Å²) in [6.07, 6.45) is 0.126. The second kappa shape index (κ2) is 25.5. The fourth-order valence-corrected chi connectivity index (χ4v) is 10.5. The number of phenols is 3. The SMILES string of the molecule is CC(C)(C)c1cc(CCC(=O)OCCn2c(=O)n(CCOC(=O)CCc3cc(-n4nc5ccccc5n4)c(O)c(C(C)(C)C)c3)c(=O)n(CCOC(=O)CCc3cc(-n4nc5ccccc5n4)c(O)c(C(C)(C)C)c3)c2=O)cc(-n2nc3ccccc3n2)c1O. The highest BCUT2D eigenvalue weighted by Gasteiger charge is 2.28. The predicted molar refractivity (Wildman–Crippen MR) is 335 cm³/mol. The van der Waals surface area contributed by atoms with Crippen molar-refractivity contribution < 1.29 is 43.9 Å².